The maximum absolute atomic E-state index is 2.64. The minimum absolute atomic E-state index is 0.111. The van der Waals surface area contributed by atoms with Crippen LogP contribution in [0.4, 0.5) is 34.1 Å². The lowest BCUT2D eigenvalue weighted by Crippen LogP contribution is -2.15. The van der Waals surface area contributed by atoms with Crippen LogP contribution in [0.5, 0.6) is 0 Å². The van der Waals surface area contributed by atoms with Gasteiger partial charge in [-0.25, -0.2) is 0 Å². The summed E-state index contributed by atoms with van der Waals surface area (Å²) >= 11 is 0. The van der Waals surface area contributed by atoms with Gasteiger partial charge in [0.1, 0.15) is 0 Å². The van der Waals surface area contributed by atoms with Gasteiger partial charge in [-0.15, -0.1) is 0 Å². The first kappa shape index (κ1) is 42.8. The molecule has 0 unspecified atom stereocenters. The number of fused-ring (bicyclic) bond motifs is 16. The predicted octanol–water partition coefficient (Wildman–Crippen LogP) is 19.8. The van der Waals surface area contributed by atoms with Gasteiger partial charge in [0, 0.05) is 65.8 Å². The van der Waals surface area contributed by atoms with Crippen molar-refractivity contribution in [1.29, 1.82) is 0 Å². The van der Waals surface area contributed by atoms with E-state index in [1.54, 1.807) is 0 Å². The molecular formula is C70H54N4. The molecule has 0 radical (unpaired) electrons. The Morgan fingerprint density at radius 3 is 1.07 bits per heavy atom. The summed E-state index contributed by atoms with van der Waals surface area (Å²) in [5.74, 6) is 0. The van der Waals surface area contributed by atoms with Gasteiger partial charge in [-0.3, -0.25) is 0 Å². The minimum atomic E-state index is -0.119. The molecule has 74 heavy (non-hydrogen) atoms. The highest BCUT2D eigenvalue weighted by molar-refractivity contribution is 6.37. The Balaban J connectivity index is 1.17. The zero-order valence-corrected chi connectivity index (χ0v) is 42.6. The van der Waals surface area contributed by atoms with Crippen molar-refractivity contribution in [3.8, 4) is 0 Å². The predicted molar refractivity (Wildman–Crippen MR) is 318 cm³/mol. The summed E-state index contributed by atoms with van der Waals surface area (Å²) in [5.41, 5.74) is 16.6. The first-order valence-corrected chi connectivity index (χ1v) is 26.1. The van der Waals surface area contributed by atoms with Crippen LogP contribution in [0.15, 0.2) is 218 Å². The highest BCUT2D eigenvalue weighted by atomic mass is 15.2. The van der Waals surface area contributed by atoms with E-state index in [0.29, 0.717) is 0 Å². The van der Waals surface area contributed by atoms with E-state index in [0.717, 1.165) is 34.1 Å². The van der Waals surface area contributed by atoms with Gasteiger partial charge >= 0.3 is 0 Å². The van der Waals surface area contributed by atoms with Crippen molar-refractivity contribution < 1.29 is 0 Å². The Morgan fingerprint density at radius 2 is 0.622 bits per heavy atom. The second-order valence-corrected chi connectivity index (χ2v) is 22.6. The van der Waals surface area contributed by atoms with E-state index in [1.165, 1.54) is 109 Å². The van der Waals surface area contributed by atoms with E-state index in [9.17, 15) is 0 Å². The van der Waals surface area contributed by atoms with Crippen molar-refractivity contribution in [1.82, 2.24) is 8.80 Å². The van der Waals surface area contributed by atoms with Crippen molar-refractivity contribution in [3.63, 3.8) is 0 Å². The lowest BCUT2D eigenvalue weighted by Gasteiger charge is -2.29. The van der Waals surface area contributed by atoms with E-state index >= 15 is 0 Å². The molecule has 4 heterocycles. The first-order valence-electron chi connectivity index (χ1n) is 26.1. The average molecular weight is 951 g/mol. The topological polar surface area (TPSA) is 15.3 Å². The summed E-state index contributed by atoms with van der Waals surface area (Å²) in [6.45, 7) is 14.1. The highest BCUT2D eigenvalue weighted by Gasteiger charge is 2.31. The largest absolute Gasteiger partial charge is 0.308 e. The summed E-state index contributed by atoms with van der Waals surface area (Å²) < 4.78 is 5.28. The maximum Gasteiger partial charge on any atom is 0.0783 e. The van der Waals surface area contributed by atoms with Crippen molar-refractivity contribution in [3.05, 3.63) is 230 Å². The Hall–Kier alpha value is -8.86. The molecule has 15 aromatic rings. The number of hydrogen-bond donors (Lipinski definition) is 0. The summed E-state index contributed by atoms with van der Waals surface area (Å²) in [7, 11) is 0. The summed E-state index contributed by atoms with van der Waals surface area (Å²) in [6, 6.07) is 81.8. The lowest BCUT2D eigenvalue weighted by molar-refractivity contribution is 0.591. The molecule has 0 aliphatic heterocycles. The smallest absolute Gasteiger partial charge is 0.0783 e. The van der Waals surface area contributed by atoms with Gasteiger partial charge in [-0.2, -0.15) is 0 Å². The molecule has 354 valence electrons. The molecule has 0 aliphatic carbocycles. The summed E-state index contributed by atoms with van der Waals surface area (Å²) in [6.07, 6.45) is 0. The van der Waals surface area contributed by atoms with Crippen LogP contribution in [0, 0.1) is 0 Å². The van der Waals surface area contributed by atoms with Crippen molar-refractivity contribution in [2.24, 2.45) is 0 Å². The third-order valence-electron chi connectivity index (χ3n) is 16.1. The monoisotopic (exact) mass is 950 g/mol. The molecule has 4 aromatic heterocycles. The van der Waals surface area contributed by atoms with E-state index in [1.807, 2.05) is 0 Å². The molecule has 0 saturated carbocycles. The lowest BCUT2D eigenvalue weighted by atomic mass is 9.85. The molecule has 0 atom stereocenters. The average Bonchev–Trinajstić information content (AvgIpc) is 4.24. The summed E-state index contributed by atoms with van der Waals surface area (Å²) in [4.78, 5) is 4.96. The molecule has 0 fully saturated rings. The number of rotatable bonds is 6. The maximum atomic E-state index is 2.64. The second kappa shape index (κ2) is 15.3. The van der Waals surface area contributed by atoms with Crippen LogP contribution < -0.4 is 9.80 Å². The zero-order valence-electron chi connectivity index (χ0n) is 42.6. The van der Waals surface area contributed by atoms with Crippen molar-refractivity contribution in [2.45, 2.75) is 52.4 Å². The molecule has 0 saturated heterocycles. The fraction of sp³-hybridized carbons (Fsp3) is 0.114. The van der Waals surface area contributed by atoms with Gasteiger partial charge in [-0.1, -0.05) is 163 Å². The van der Waals surface area contributed by atoms with Crippen LogP contribution in [0.2, 0.25) is 0 Å². The third kappa shape index (κ3) is 6.03. The van der Waals surface area contributed by atoms with E-state index in [2.05, 4.69) is 279 Å². The molecule has 4 heteroatoms. The van der Waals surface area contributed by atoms with Crippen LogP contribution in [-0.2, 0) is 10.8 Å². The molecule has 0 amide bonds. The highest BCUT2D eigenvalue weighted by Crippen LogP contribution is 2.53. The molecule has 4 nitrogen and oxygen atoms in total. The Labute approximate surface area is 430 Å². The fourth-order valence-corrected chi connectivity index (χ4v) is 12.6. The number of anilines is 6. The van der Waals surface area contributed by atoms with Gasteiger partial charge in [0.15, 0.2) is 0 Å². The van der Waals surface area contributed by atoms with Crippen LogP contribution in [0.1, 0.15) is 52.7 Å². The van der Waals surface area contributed by atoms with Gasteiger partial charge in [0.25, 0.3) is 0 Å². The molecular weight excluding hydrogens is 897 g/mol. The molecule has 11 aromatic carbocycles. The van der Waals surface area contributed by atoms with Gasteiger partial charge in [0.05, 0.1) is 44.5 Å². The fourth-order valence-electron chi connectivity index (χ4n) is 12.6. The van der Waals surface area contributed by atoms with Crippen LogP contribution in [-0.4, -0.2) is 8.80 Å². The minimum Gasteiger partial charge on any atom is -0.308 e. The Morgan fingerprint density at radius 1 is 0.284 bits per heavy atom. The number of benzene rings is 11. The number of para-hydroxylation sites is 4. The molecule has 15 rings (SSSR count). The Bertz CT molecular complexity index is 4630. The standard InChI is InChI=1S/C70H54N4/c1-69(2,3)45-37-56-55-36-44-24-19-21-33-51(44)63-57-42-59-53(41-60(57)74(68(55)63)65(56)61(39-45)71(47-25-11-7-12-26-47)48-27-13-8-14-28-48)54-35-43-23-20-22-34-52(43)64-58-38-46(70(4,5)6)40-62(66(58)73(59)67(54)64)72(49-29-15-9-16-30-49)50-31-17-10-18-32-50/h7-42H,1-6H3. The van der Waals surface area contributed by atoms with Crippen LogP contribution in [0.3, 0.4) is 0 Å². The van der Waals surface area contributed by atoms with Gasteiger partial charge < -0.3 is 18.6 Å². The SMILES string of the molecule is CC(C)(C)c1cc(N(c2ccccc2)c2ccccc2)c2c(c1)c1cc3ccccc3c3c4cc5c(cc4n2c13)c1cc2ccccc2c2c3cc(C(C)(C)C)cc(N(c4ccccc4)c4ccccc4)c3n5c12. The van der Waals surface area contributed by atoms with Crippen LogP contribution in [0.25, 0.3) is 97.7 Å². The van der Waals surface area contributed by atoms with E-state index in [-0.39, 0.29) is 10.8 Å². The van der Waals surface area contributed by atoms with Crippen molar-refractivity contribution >= 4 is 132 Å². The van der Waals surface area contributed by atoms with Gasteiger partial charge in [0.2, 0.25) is 0 Å². The molecule has 0 aliphatic rings. The molecule has 0 N–H and O–H groups in total. The first-order chi connectivity index (χ1) is 36.0. The van der Waals surface area contributed by atoms with E-state index in [4.69, 9.17) is 0 Å². The molecule has 0 bridgehead atoms. The number of aromatic nitrogens is 2. The molecule has 0 spiro atoms. The summed E-state index contributed by atoms with van der Waals surface area (Å²) in [5, 5.41) is 15.2. The third-order valence-corrected chi connectivity index (χ3v) is 16.1. The van der Waals surface area contributed by atoms with Crippen LogP contribution >= 0.6 is 0 Å². The number of hydrogen-bond acceptors (Lipinski definition) is 2. The normalized spacial score (nSPS) is 12.7. The quantitative estimate of drug-likeness (QED) is 0.165. The Kier molecular flexibility index (Phi) is 8.87. The van der Waals surface area contributed by atoms with Gasteiger partial charge in [-0.05, 0) is 141 Å². The van der Waals surface area contributed by atoms with Crippen molar-refractivity contribution in [2.75, 3.05) is 9.80 Å². The second-order valence-electron chi connectivity index (χ2n) is 22.6. The number of nitrogens with zero attached hydrogens (tertiary/aromatic N) is 4. The zero-order chi connectivity index (χ0) is 49.8. The van der Waals surface area contributed by atoms with E-state index < -0.39 is 0 Å².